The lowest BCUT2D eigenvalue weighted by atomic mass is 10.1. The fraction of sp³-hybridized carbons (Fsp3) is 0.444. The summed E-state index contributed by atoms with van der Waals surface area (Å²) in [6.45, 7) is 1.31. The summed E-state index contributed by atoms with van der Waals surface area (Å²) in [4.78, 5) is 32.3. The second kappa shape index (κ2) is 6.11. The Hall–Kier alpha value is -1.45. The Morgan fingerprint density at radius 3 is 2.31 bits per heavy atom. The SMILES string of the molecule is COC=CC(=O)CC(=O)CC(C)=O. The Labute approximate surface area is 76.6 Å². The molecule has 13 heavy (non-hydrogen) atoms. The lowest BCUT2D eigenvalue weighted by Gasteiger charge is -1.93. The van der Waals surface area contributed by atoms with Crippen molar-refractivity contribution in [2.75, 3.05) is 7.11 Å². The first-order valence-corrected chi connectivity index (χ1v) is 3.79. The lowest BCUT2D eigenvalue weighted by molar-refractivity contribution is -0.128. The van der Waals surface area contributed by atoms with Crippen molar-refractivity contribution in [2.45, 2.75) is 19.8 Å². The normalized spacial score (nSPS) is 10.0. The van der Waals surface area contributed by atoms with E-state index in [1.165, 1.54) is 20.3 Å². The molecule has 0 aromatic heterocycles. The van der Waals surface area contributed by atoms with E-state index in [-0.39, 0.29) is 30.2 Å². The van der Waals surface area contributed by atoms with Crippen LogP contribution in [0, 0.1) is 0 Å². The number of hydrogen-bond acceptors (Lipinski definition) is 4. The second-order valence-electron chi connectivity index (χ2n) is 2.60. The molecule has 0 saturated heterocycles. The summed E-state index contributed by atoms with van der Waals surface area (Å²) in [5, 5.41) is 0. The van der Waals surface area contributed by atoms with Crippen LogP contribution in [0.2, 0.25) is 0 Å². The number of hydrogen-bond donors (Lipinski definition) is 0. The molecule has 0 bridgehead atoms. The zero-order chi connectivity index (χ0) is 10.3. The maximum Gasteiger partial charge on any atom is 0.166 e. The number of ketones is 3. The van der Waals surface area contributed by atoms with E-state index >= 15 is 0 Å². The van der Waals surface area contributed by atoms with Crippen molar-refractivity contribution < 1.29 is 19.1 Å². The largest absolute Gasteiger partial charge is 0.504 e. The van der Waals surface area contributed by atoms with E-state index in [4.69, 9.17) is 0 Å². The van der Waals surface area contributed by atoms with Crippen LogP contribution in [0.5, 0.6) is 0 Å². The lowest BCUT2D eigenvalue weighted by Crippen LogP contribution is -2.09. The van der Waals surface area contributed by atoms with Crippen LogP contribution in [0.4, 0.5) is 0 Å². The van der Waals surface area contributed by atoms with Gasteiger partial charge < -0.3 is 4.74 Å². The summed E-state index contributed by atoms with van der Waals surface area (Å²) in [7, 11) is 1.40. The maximum atomic E-state index is 10.9. The summed E-state index contributed by atoms with van der Waals surface area (Å²) < 4.78 is 4.50. The van der Waals surface area contributed by atoms with Crippen LogP contribution >= 0.6 is 0 Å². The van der Waals surface area contributed by atoms with Gasteiger partial charge in [-0.3, -0.25) is 14.4 Å². The van der Waals surface area contributed by atoms with E-state index < -0.39 is 0 Å². The van der Waals surface area contributed by atoms with Gasteiger partial charge in [0.2, 0.25) is 0 Å². The minimum atomic E-state index is -0.363. The Kier molecular flexibility index (Phi) is 5.43. The van der Waals surface area contributed by atoms with E-state index in [0.29, 0.717) is 0 Å². The molecule has 0 aliphatic carbocycles. The second-order valence-corrected chi connectivity index (χ2v) is 2.60. The number of methoxy groups -OCH3 is 1. The van der Waals surface area contributed by atoms with Crippen molar-refractivity contribution in [3.63, 3.8) is 0 Å². The molecule has 72 valence electrons. The average Bonchev–Trinajstić information content (AvgIpc) is 1.98. The molecule has 0 aromatic carbocycles. The molecular weight excluding hydrogens is 172 g/mol. The van der Waals surface area contributed by atoms with Crippen molar-refractivity contribution in [1.29, 1.82) is 0 Å². The highest BCUT2D eigenvalue weighted by Gasteiger charge is 2.08. The molecule has 0 aliphatic heterocycles. The summed E-state index contributed by atoms with van der Waals surface area (Å²) in [5.41, 5.74) is 0. The maximum absolute atomic E-state index is 10.9. The quantitative estimate of drug-likeness (QED) is 0.345. The van der Waals surface area contributed by atoms with Crippen LogP contribution in [0.15, 0.2) is 12.3 Å². The molecule has 4 nitrogen and oxygen atoms in total. The van der Waals surface area contributed by atoms with Crippen LogP contribution in [0.25, 0.3) is 0 Å². The number of ether oxygens (including phenoxy) is 1. The molecular formula is C9H12O4. The Morgan fingerprint density at radius 2 is 1.85 bits per heavy atom. The minimum Gasteiger partial charge on any atom is -0.504 e. The number of carbonyl (C=O) groups is 3. The van der Waals surface area contributed by atoms with Crippen molar-refractivity contribution in [1.82, 2.24) is 0 Å². The van der Waals surface area contributed by atoms with E-state index in [1.54, 1.807) is 0 Å². The fourth-order valence-electron chi connectivity index (χ4n) is 0.737. The summed E-state index contributed by atoms with van der Waals surface area (Å²) in [5.74, 6) is -0.945. The molecule has 0 heterocycles. The Balaban J connectivity index is 3.85. The van der Waals surface area contributed by atoms with Crippen molar-refractivity contribution in [2.24, 2.45) is 0 Å². The first-order chi connectivity index (χ1) is 6.06. The van der Waals surface area contributed by atoms with E-state index in [1.807, 2.05) is 0 Å². The first-order valence-electron chi connectivity index (χ1n) is 3.79. The van der Waals surface area contributed by atoms with E-state index in [9.17, 15) is 14.4 Å². The zero-order valence-electron chi connectivity index (χ0n) is 7.70. The van der Waals surface area contributed by atoms with E-state index in [2.05, 4.69) is 4.74 Å². The fourth-order valence-corrected chi connectivity index (χ4v) is 0.737. The predicted molar refractivity (Wildman–Crippen MR) is 46.1 cm³/mol. The summed E-state index contributed by atoms with van der Waals surface area (Å²) >= 11 is 0. The molecule has 0 spiro atoms. The minimum absolute atomic E-state index is 0.174. The van der Waals surface area contributed by atoms with Crippen molar-refractivity contribution in [3.05, 3.63) is 12.3 Å². The Morgan fingerprint density at radius 1 is 1.23 bits per heavy atom. The zero-order valence-corrected chi connectivity index (χ0v) is 7.70. The van der Waals surface area contributed by atoms with Gasteiger partial charge in [-0.15, -0.1) is 0 Å². The molecule has 0 unspecified atom stereocenters. The van der Waals surface area contributed by atoms with Gasteiger partial charge in [0, 0.05) is 6.08 Å². The van der Waals surface area contributed by atoms with Gasteiger partial charge in [0.1, 0.15) is 11.6 Å². The van der Waals surface area contributed by atoms with Crippen LogP contribution < -0.4 is 0 Å². The highest BCUT2D eigenvalue weighted by molar-refractivity contribution is 6.09. The van der Waals surface area contributed by atoms with Gasteiger partial charge in [-0.05, 0) is 6.92 Å². The Bertz CT molecular complexity index is 240. The summed E-state index contributed by atoms with van der Waals surface area (Å²) in [6.07, 6.45) is 1.95. The molecule has 0 atom stereocenters. The van der Waals surface area contributed by atoms with Gasteiger partial charge in [-0.1, -0.05) is 0 Å². The van der Waals surface area contributed by atoms with Crippen LogP contribution in [0.3, 0.4) is 0 Å². The molecule has 0 fully saturated rings. The third-order valence-electron chi connectivity index (χ3n) is 1.21. The van der Waals surface area contributed by atoms with Gasteiger partial charge in [0.05, 0.1) is 26.2 Å². The van der Waals surface area contributed by atoms with Crippen LogP contribution in [-0.4, -0.2) is 24.5 Å². The van der Waals surface area contributed by atoms with Gasteiger partial charge in [0.25, 0.3) is 0 Å². The molecule has 0 saturated carbocycles. The number of allylic oxidation sites excluding steroid dienone is 1. The first kappa shape index (κ1) is 11.6. The monoisotopic (exact) mass is 184 g/mol. The topological polar surface area (TPSA) is 60.4 Å². The van der Waals surface area contributed by atoms with Crippen LogP contribution in [-0.2, 0) is 19.1 Å². The smallest absolute Gasteiger partial charge is 0.166 e. The third-order valence-corrected chi connectivity index (χ3v) is 1.21. The number of Topliss-reactive ketones (excluding diaryl/α,β-unsaturated/α-hetero) is 2. The van der Waals surface area contributed by atoms with Crippen molar-refractivity contribution >= 4 is 17.3 Å². The molecule has 0 aliphatic rings. The van der Waals surface area contributed by atoms with Crippen molar-refractivity contribution in [3.8, 4) is 0 Å². The highest BCUT2D eigenvalue weighted by atomic mass is 16.5. The molecule has 4 heteroatoms. The van der Waals surface area contributed by atoms with Crippen LogP contribution in [0.1, 0.15) is 19.8 Å². The summed E-state index contributed by atoms with van der Waals surface area (Å²) in [6, 6.07) is 0. The van der Waals surface area contributed by atoms with Gasteiger partial charge in [0.15, 0.2) is 5.78 Å². The number of rotatable bonds is 6. The molecule has 0 N–H and O–H groups in total. The van der Waals surface area contributed by atoms with Gasteiger partial charge >= 0.3 is 0 Å². The molecule has 0 rings (SSSR count). The predicted octanol–water partition coefficient (Wildman–Crippen LogP) is 0.654. The number of carbonyl (C=O) groups excluding carboxylic acids is 3. The molecule has 0 aromatic rings. The molecule has 0 radical (unpaired) electrons. The van der Waals surface area contributed by atoms with E-state index in [0.717, 1.165) is 6.08 Å². The highest BCUT2D eigenvalue weighted by Crippen LogP contribution is 1.94. The molecule has 0 amide bonds. The third kappa shape index (κ3) is 6.93. The van der Waals surface area contributed by atoms with Gasteiger partial charge in [-0.2, -0.15) is 0 Å². The van der Waals surface area contributed by atoms with Gasteiger partial charge in [-0.25, -0.2) is 0 Å². The average molecular weight is 184 g/mol. The standard InChI is InChI=1S/C9H12O4/c1-7(10)5-9(12)6-8(11)3-4-13-2/h3-4H,5-6H2,1-2H3.